The third-order valence-corrected chi connectivity index (χ3v) is 2.20. The van der Waals surface area contributed by atoms with E-state index in [4.69, 9.17) is 14.2 Å². The van der Waals surface area contributed by atoms with E-state index < -0.39 is 17.7 Å². The minimum absolute atomic E-state index is 0.153. The summed E-state index contributed by atoms with van der Waals surface area (Å²) in [6.07, 6.45) is -0.540. The van der Waals surface area contributed by atoms with Crippen LogP contribution in [0.25, 0.3) is 0 Å². The second-order valence-corrected chi connectivity index (χ2v) is 3.51. The second-order valence-electron chi connectivity index (χ2n) is 3.51. The van der Waals surface area contributed by atoms with Crippen LogP contribution in [-0.2, 0) is 23.7 Å². The van der Waals surface area contributed by atoms with Crippen molar-refractivity contribution in [2.24, 2.45) is 0 Å². The van der Waals surface area contributed by atoms with Crippen molar-refractivity contribution in [1.82, 2.24) is 0 Å². The number of ether oxygens (including phenoxy) is 4. The molecule has 1 fully saturated rings. The van der Waals surface area contributed by atoms with Crippen molar-refractivity contribution in [3.63, 3.8) is 0 Å². The maximum atomic E-state index is 11.6. The molecule has 0 N–H and O–H groups in total. The normalized spacial score (nSPS) is 24.5. The molecule has 6 nitrogen and oxygen atoms in total. The molecule has 0 aromatic carbocycles. The first-order valence-electron chi connectivity index (χ1n) is 5.19. The number of carbonyl (C=O) groups is 2. The molecule has 0 aliphatic carbocycles. The van der Waals surface area contributed by atoms with Crippen LogP contribution >= 0.6 is 0 Å². The highest BCUT2D eigenvalue weighted by molar-refractivity contribution is 5.82. The maximum absolute atomic E-state index is 11.6. The summed E-state index contributed by atoms with van der Waals surface area (Å²) in [6, 6.07) is 0. The van der Waals surface area contributed by atoms with Crippen molar-refractivity contribution in [1.29, 1.82) is 0 Å². The summed E-state index contributed by atoms with van der Waals surface area (Å²) in [5.74, 6) is -0.566. The van der Waals surface area contributed by atoms with Crippen molar-refractivity contribution in [2.75, 3.05) is 26.4 Å². The molecule has 92 valence electrons. The topological polar surface area (TPSA) is 71.1 Å². The molecule has 0 aromatic rings. The fourth-order valence-electron chi connectivity index (χ4n) is 1.23. The van der Waals surface area contributed by atoms with Crippen LogP contribution in [0.5, 0.6) is 0 Å². The molecule has 6 heteroatoms. The van der Waals surface area contributed by atoms with Gasteiger partial charge in [-0.1, -0.05) is 0 Å². The molecule has 1 saturated heterocycles. The van der Waals surface area contributed by atoms with Gasteiger partial charge in [-0.25, -0.2) is 9.59 Å². The first-order valence-corrected chi connectivity index (χ1v) is 5.19. The van der Waals surface area contributed by atoms with Gasteiger partial charge in [0.1, 0.15) is 6.61 Å². The summed E-state index contributed by atoms with van der Waals surface area (Å²) in [7, 11) is 0. The van der Waals surface area contributed by atoms with Gasteiger partial charge in [0.2, 0.25) is 5.60 Å². The lowest BCUT2D eigenvalue weighted by molar-refractivity contribution is -0.174. The zero-order valence-electron chi connectivity index (χ0n) is 9.49. The van der Waals surface area contributed by atoms with Crippen molar-refractivity contribution in [2.45, 2.75) is 25.9 Å². The van der Waals surface area contributed by atoms with Crippen molar-refractivity contribution in [3.05, 3.63) is 0 Å². The Hall–Kier alpha value is -1.30. The second kappa shape index (κ2) is 5.69. The summed E-state index contributed by atoms with van der Waals surface area (Å²) in [4.78, 5) is 22.5. The van der Waals surface area contributed by atoms with Crippen LogP contribution in [0.3, 0.4) is 0 Å². The fourth-order valence-corrected chi connectivity index (χ4v) is 1.23. The summed E-state index contributed by atoms with van der Waals surface area (Å²) in [5, 5.41) is 0. The predicted octanol–water partition coefficient (Wildman–Crippen LogP) is 0.882. The van der Waals surface area contributed by atoms with Gasteiger partial charge in [0, 0.05) is 13.0 Å². The molecule has 0 bridgehead atoms. The largest absolute Gasteiger partial charge is 0.509 e. The highest BCUT2D eigenvalue weighted by Gasteiger charge is 2.42. The Morgan fingerprint density at radius 2 is 2.25 bits per heavy atom. The van der Waals surface area contributed by atoms with E-state index in [0.717, 1.165) is 0 Å². The Morgan fingerprint density at radius 3 is 2.88 bits per heavy atom. The Balaban J connectivity index is 2.36. The molecule has 0 spiro atoms. The molecule has 1 aliphatic heterocycles. The smallest absolute Gasteiger partial charge is 0.460 e. The molecule has 0 aromatic heterocycles. The highest BCUT2D eigenvalue weighted by Crippen LogP contribution is 2.22. The van der Waals surface area contributed by atoms with E-state index in [0.29, 0.717) is 19.6 Å². The van der Waals surface area contributed by atoms with E-state index in [-0.39, 0.29) is 13.2 Å². The van der Waals surface area contributed by atoms with E-state index in [2.05, 4.69) is 4.74 Å². The molecule has 1 unspecified atom stereocenters. The van der Waals surface area contributed by atoms with Gasteiger partial charge in [0.15, 0.2) is 0 Å². The lowest BCUT2D eigenvalue weighted by Gasteiger charge is -2.30. The van der Waals surface area contributed by atoms with Gasteiger partial charge in [0.25, 0.3) is 0 Å². The molecule has 1 heterocycles. The molecule has 0 amide bonds. The molecule has 1 aliphatic rings. The fraction of sp³-hybridized carbons (Fsp3) is 0.800. The van der Waals surface area contributed by atoms with E-state index >= 15 is 0 Å². The highest BCUT2D eigenvalue weighted by atomic mass is 16.7. The lowest BCUT2D eigenvalue weighted by atomic mass is 10.0. The average Bonchev–Trinajstić information content (AvgIpc) is 2.23. The summed E-state index contributed by atoms with van der Waals surface area (Å²) < 4.78 is 19.3. The molecule has 0 saturated carbocycles. The van der Waals surface area contributed by atoms with E-state index in [1.54, 1.807) is 0 Å². The Kier molecular flexibility index (Phi) is 4.54. The minimum atomic E-state index is -1.23. The Bertz CT molecular complexity index is 264. The number of cyclic esters (lactones) is 2. The number of carbonyl (C=O) groups excluding carboxylic acids is 2. The quantitative estimate of drug-likeness (QED) is 0.517. The standard InChI is InChI=1S/C10H16O6/c1-3-13-6-7-14-8(11)10(2)4-5-15-9(12)16-10/h3-7H2,1-2H3. The van der Waals surface area contributed by atoms with Crippen LogP contribution in [-0.4, -0.2) is 44.2 Å². The van der Waals surface area contributed by atoms with Crippen LogP contribution in [0.2, 0.25) is 0 Å². The van der Waals surface area contributed by atoms with Gasteiger partial charge in [-0.05, 0) is 13.8 Å². The van der Waals surface area contributed by atoms with Gasteiger partial charge >= 0.3 is 12.1 Å². The van der Waals surface area contributed by atoms with Gasteiger partial charge in [-0.15, -0.1) is 0 Å². The minimum Gasteiger partial charge on any atom is -0.460 e. The molecule has 1 atom stereocenters. The van der Waals surface area contributed by atoms with Crippen LogP contribution in [0, 0.1) is 0 Å². The zero-order chi connectivity index (χ0) is 12.0. The monoisotopic (exact) mass is 232 g/mol. The number of rotatable bonds is 5. The van der Waals surface area contributed by atoms with Gasteiger partial charge in [-0.2, -0.15) is 0 Å². The maximum Gasteiger partial charge on any atom is 0.509 e. The molecule has 1 rings (SSSR count). The average molecular weight is 232 g/mol. The third kappa shape index (κ3) is 3.37. The van der Waals surface area contributed by atoms with E-state index in [9.17, 15) is 9.59 Å². The van der Waals surface area contributed by atoms with Crippen LogP contribution in [0.15, 0.2) is 0 Å². The van der Waals surface area contributed by atoms with Gasteiger partial charge in [-0.3, -0.25) is 0 Å². The van der Waals surface area contributed by atoms with Crippen molar-refractivity contribution >= 4 is 12.1 Å². The van der Waals surface area contributed by atoms with E-state index in [1.165, 1.54) is 6.92 Å². The van der Waals surface area contributed by atoms with Crippen LogP contribution < -0.4 is 0 Å². The molecular weight excluding hydrogens is 216 g/mol. The summed E-state index contributed by atoms with van der Waals surface area (Å²) in [5.41, 5.74) is -1.23. The molecule has 16 heavy (non-hydrogen) atoms. The van der Waals surface area contributed by atoms with Crippen LogP contribution in [0.1, 0.15) is 20.3 Å². The molecule has 0 radical (unpaired) electrons. The third-order valence-electron chi connectivity index (χ3n) is 2.20. The first-order chi connectivity index (χ1) is 7.58. The zero-order valence-corrected chi connectivity index (χ0v) is 9.49. The first kappa shape index (κ1) is 12.8. The number of hydrogen-bond donors (Lipinski definition) is 0. The predicted molar refractivity (Wildman–Crippen MR) is 52.9 cm³/mol. The summed E-state index contributed by atoms with van der Waals surface area (Å²) >= 11 is 0. The molecular formula is C10H16O6. The number of esters is 1. The van der Waals surface area contributed by atoms with E-state index in [1.807, 2.05) is 6.92 Å². The summed E-state index contributed by atoms with van der Waals surface area (Å²) in [6.45, 7) is 4.58. The lowest BCUT2D eigenvalue weighted by Crippen LogP contribution is -2.46. The van der Waals surface area contributed by atoms with Gasteiger partial charge < -0.3 is 18.9 Å². The van der Waals surface area contributed by atoms with Crippen molar-refractivity contribution < 1.29 is 28.5 Å². The number of hydrogen-bond acceptors (Lipinski definition) is 6. The van der Waals surface area contributed by atoms with Gasteiger partial charge in [0.05, 0.1) is 13.2 Å². The Morgan fingerprint density at radius 1 is 1.50 bits per heavy atom. The SMILES string of the molecule is CCOCCOC(=O)C1(C)CCOC(=O)O1. The van der Waals surface area contributed by atoms with Crippen molar-refractivity contribution in [3.8, 4) is 0 Å². The van der Waals surface area contributed by atoms with Crippen LogP contribution in [0.4, 0.5) is 4.79 Å². The Labute approximate surface area is 93.8 Å².